The molecule has 3 aliphatic rings. The van der Waals surface area contributed by atoms with Crippen molar-refractivity contribution in [2.75, 3.05) is 26.2 Å². The van der Waals surface area contributed by atoms with Crippen LogP contribution in [0.1, 0.15) is 50.2 Å². The van der Waals surface area contributed by atoms with Crippen molar-refractivity contribution in [3.63, 3.8) is 0 Å². The van der Waals surface area contributed by atoms with Crippen molar-refractivity contribution < 1.29 is 9.59 Å². The molecule has 2 heterocycles. The van der Waals surface area contributed by atoms with Crippen molar-refractivity contribution in [3.8, 4) is 0 Å². The van der Waals surface area contributed by atoms with Gasteiger partial charge in [0.1, 0.15) is 0 Å². The summed E-state index contributed by atoms with van der Waals surface area (Å²) in [6.07, 6.45) is 6.45. The van der Waals surface area contributed by atoms with Crippen LogP contribution in [0.25, 0.3) is 0 Å². The first kappa shape index (κ1) is 16.6. The van der Waals surface area contributed by atoms with Gasteiger partial charge in [0.15, 0.2) is 0 Å². The Kier molecular flexibility index (Phi) is 4.30. The number of fused-ring (bicyclic) bond motifs is 2. The number of carbonyl (C=O) groups excluding carboxylic acids is 2. The Morgan fingerprint density at radius 3 is 2.56 bits per heavy atom. The highest BCUT2D eigenvalue weighted by molar-refractivity contribution is 5.81. The Bertz CT molecular complexity index is 676. The molecule has 2 saturated heterocycles. The molecular formula is C21H28N2O2. The van der Waals surface area contributed by atoms with Gasteiger partial charge < -0.3 is 9.80 Å². The highest BCUT2D eigenvalue weighted by Crippen LogP contribution is 2.46. The molecule has 1 atom stereocenters. The van der Waals surface area contributed by atoms with Gasteiger partial charge in [0, 0.05) is 33.1 Å². The molecule has 4 heteroatoms. The summed E-state index contributed by atoms with van der Waals surface area (Å²) < 4.78 is 0. The first-order valence-corrected chi connectivity index (χ1v) is 9.72. The molecule has 0 bridgehead atoms. The predicted octanol–water partition coefficient (Wildman–Crippen LogP) is 2.75. The van der Waals surface area contributed by atoms with Crippen molar-refractivity contribution in [1.29, 1.82) is 0 Å². The van der Waals surface area contributed by atoms with Crippen LogP contribution in [0.5, 0.6) is 0 Å². The second-order valence-electron chi connectivity index (χ2n) is 8.07. The summed E-state index contributed by atoms with van der Waals surface area (Å²) >= 11 is 0. The lowest BCUT2D eigenvalue weighted by atomic mass is 9.73. The van der Waals surface area contributed by atoms with Gasteiger partial charge in [-0.1, -0.05) is 24.3 Å². The predicted molar refractivity (Wildman–Crippen MR) is 97.2 cm³/mol. The first-order valence-electron chi connectivity index (χ1n) is 9.72. The lowest BCUT2D eigenvalue weighted by Crippen LogP contribution is -2.50. The third-order valence-electron chi connectivity index (χ3n) is 6.71. The third kappa shape index (κ3) is 2.96. The molecular weight excluding hydrogens is 312 g/mol. The van der Waals surface area contributed by atoms with Crippen LogP contribution in [0.4, 0.5) is 0 Å². The summed E-state index contributed by atoms with van der Waals surface area (Å²) in [6, 6.07) is 8.85. The number of hydrogen-bond acceptors (Lipinski definition) is 2. The number of amides is 2. The van der Waals surface area contributed by atoms with Crippen molar-refractivity contribution >= 4 is 11.8 Å². The summed E-state index contributed by atoms with van der Waals surface area (Å²) in [6.45, 7) is 4.75. The molecule has 0 unspecified atom stereocenters. The zero-order valence-corrected chi connectivity index (χ0v) is 15.2. The van der Waals surface area contributed by atoms with E-state index in [1.807, 2.05) is 4.90 Å². The van der Waals surface area contributed by atoms with Crippen LogP contribution in [0.2, 0.25) is 0 Å². The van der Waals surface area contributed by atoms with E-state index in [9.17, 15) is 9.59 Å². The summed E-state index contributed by atoms with van der Waals surface area (Å²) in [5.74, 6) is 0.368. The van der Waals surface area contributed by atoms with Gasteiger partial charge in [0.05, 0.1) is 5.92 Å². The molecule has 1 aliphatic carbocycles. The van der Waals surface area contributed by atoms with E-state index in [0.29, 0.717) is 12.0 Å². The molecule has 1 aromatic rings. The Morgan fingerprint density at radius 2 is 1.80 bits per heavy atom. The minimum Gasteiger partial charge on any atom is -0.342 e. The van der Waals surface area contributed by atoms with Crippen molar-refractivity contribution in [2.24, 2.45) is 5.92 Å². The Labute approximate surface area is 150 Å². The van der Waals surface area contributed by atoms with E-state index in [1.165, 1.54) is 24.0 Å². The number of piperidine rings is 2. The summed E-state index contributed by atoms with van der Waals surface area (Å²) in [7, 11) is 0. The van der Waals surface area contributed by atoms with Gasteiger partial charge >= 0.3 is 0 Å². The lowest BCUT2D eigenvalue weighted by Gasteiger charge is -2.42. The number of aryl methyl sites for hydroxylation is 1. The van der Waals surface area contributed by atoms with Gasteiger partial charge in [-0.15, -0.1) is 0 Å². The zero-order chi connectivity index (χ0) is 17.4. The van der Waals surface area contributed by atoms with E-state index in [4.69, 9.17) is 0 Å². The molecule has 4 rings (SSSR count). The fraction of sp³-hybridized carbons (Fsp3) is 0.619. The van der Waals surface area contributed by atoms with Crippen LogP contribution < -0.4 is 0 Å². The highest BCUT2D eigenvalue weighted by atomic mass is 16.2. The number of rotatable bonds is 1. The standard InChI is InChI=1S/C21H28N2O2/c1-16(24)23-12-4-6-18(15-23)20(25)22-13-10-21(11-14-22)9-8-17-5-2-3-7-19(17)21/h2-3,5,7,18H,4,6,8-15H2,1H3/t18-/m1/s1. The summed E-state index contributed by atoms with van der Waals surface area (Å²) in [5, 5.41) is 0. The fourth-order valence-corrected chi connectivity index (χ4v) is 5.16. The number of benzene rings is 1. The van der Waals surface area contributed by atoms with Crippen LogP contribution in [0, 0.1) is 5.92 Å². The normalized spacial score (nSPS) is 25.1. The molecule has 1 aromatic carbocycles. The van der Waals surface area contributed by atoms with Gasteiger partial charge in [-0.3, -0.25) is 9.59 Å². The van der Waals surface area contributed by atoms with E-state index in [1.54, 1.807) is 6.92 Å². The number of nitrogens with zero attached hydrogens (tertiary/aromatic N) is 2. The number of hydrogen-bond donors (Lipinski definition) is 0. The zero-order valence-electron chi connectivity index (χ0n) is 15.2. The molecule has 2 aliphatic heterocycles. The second-order valence-corrected chi connectivity index (χ2v) is 8.07. The van der Waals surface area contributed by atoms with Gasteiger partial charge in [0.25, 0.3) is 0 Å². The maximum absolute atomic E-state index is 13.0. The molecule has 0 radical (unpaired) electrons. The second kappa shape index (κ2) is 6.47. The summed E-state index contributed by atoms with van der Waals surface area (Å²) in [5.41, 5.74) is 3.33. The highest BCUT2D eigenvalue weighted by Gasteiger charge is 2.42. The third-order valence-corrected chi connectivity index (χ3v) is 6.71. The van der Waals surface area contributed by atoms with Crippen LogP contribution in [-0.4, -0.2) is 47.8 Å². The molecule has 25 heavy (non-hydrogen) atoms. The minimum atomic E-state index is 0.00237. The largest absolute Gasteiger partial charge is 0.342 e. The van der Waals surface area contributed by atoms with E-state index in [-0.39, 0.29) is 17.7 Å². The quantitative estimate of drug-likeness (QED) is 0.789. The Hall–Kier alpha value is -1.84. The van der Waals surface area contributed by atoms with E-state index in [0.717, 1.165) is 45.3 Å². The van der Waals surface area contributed by atoms with E-state index in [2.05, 4.69) is 29.2 Å². The smallest absolute Gasteiger partial charge is 0.227 e. The molecule has 134 valence electrons. The van der Waals surface area contributed by atoms with Gasteiger partial charge in [-0.2, -0.15) is 0 Å². The van der Waals surface area contributed by atoms with Crippen LogP contribution >= 0.6 is 0 Å². The average Bonchev–Trinajstić information content (AvgIpc) is 3.00. The molecule has 0 aromatic heterocycles. The fourth-order valence-electron chi connectivity index (χ4n) is 5.16. The SMILES string of the molecule is CC(=O)N1CCC[C@@H](C(=O)N2CCC3(CCc4ccccc43)CC2)C1. The van der Waals surface area contributed by atoms with E-state index >= 15 is 0 Å². The van der Waals surface area contributed by atoms with Crippen LogP contribution in [0.3, 0.4) is 0 Å². The molecule has 4 nitrogen and oxygen atoms in total. The maximum atomic E-state index is 13.0. The molecule has 0 N–H and O–H groups in total. The molecule has 0 saturated carbocycles. The average molecular weight is 340 g/mol. The number of carbonyl (C=O) groups is 2. The monoisotopic (exact) mass is 340 g/mol. The first-order chi connectivity index (χ1) is 12.1. The van der Waals surface area contributed by atoms with E-state index < -0.39 is 0 Å². The Morgan fingerprint density at radius 1 is 1.04 bits per heavy atom. The molecule has 2 amide bonds. The van der Waals surface area contributed by atoms with Gasteiger partial charge in [-0.25, -0.2) is 0 Å². The molecule has 2 fully saturated rings. The number of likely N-dealkylation sites (tertiary alicyclic amines) is 2. The van der Waals surface area contributed by atoms with Crippen molar-refractivity contribution in [3.05, 3.63) is 35.4 Å². The van der Waals surface area contributed by atoms with Crippen molar-refractivity contribution in [2.45, 2.75) is 50.9 Å². The lowest BCUT2D eigenvalue weighted by molar-refractivity contribution is -0.141. The van der Waals surface area contributed by atoms with Gasteiger partial charge in [-0.05, 0) is 55.1 Å². The van der Waals surface area contributed by atoms with Crippen LogP contribution in [-0.2, 0) is 21.4 Å². The maximum Gasteiger partial charge on any atom is 0.227 e. The minimum absolute atomic E-state index is 0.00237. The molecule has 1 spiro atoms. The van der Waals surface area contributed by atoms with Crippen molar-refractivity contribution in [1.82, 2.24) is 9.80 Å². The van der Waals surface area contributed by atoms with Gasteiger partial charge in [0.2, 0.25) is 11.8 Å². The summed E-state index contributed by atoms with van der Waals surface area (Å²) in [4.78, 5) is 28.5. The Balaban J connectivity index is 1.41. The van der Waals surface area contributed by atoms with Crippen LogP contribution in [0.15, 0.2) is 24.3 Å². The topological polar surface area (TPSA) is 40.6 Å².